The molecule has 1 rings (SSSR count). The average Bonchev–Trinajstić information content (AvgIpc) is 2.23. The van der Waals surface area contributed by atoms with Crippen molar-refractivity contribution in [3.8, 4) is 5.75 Å². The Hall–Kier alpha value is -0.630. The summed E-state index contributed by atoms with van der Waals surface area (Å²) in [5.74, 6) is -4.79. The van der Waals surface area contributed by atoms with Gasteiger partial charge in [0.05, 0.1) is 15.7 Å². The molecule has 1 aromatic carbocycles. The van der Waals surface area contributed by atoms with E-state index in [2.05, 4.69) is 4.74 Å². The van der Waals surface area contributed by atoms with Gasteiger partial charge >= 0.3 is 5.97 Å². The largest absolute Gasteiger partial charge is 0.505 e. The van der Waals surface area contributed by atoms with Crippen molar-refractivity contribution >= 4 is 40.2 Å². The summed E-state index contributed by atoms with van der Waals surface area (Å²) < 4.78 is 30.3. The highest BCUT2D eigenvalue weighted by Crippen LogP contribution is 2.36. The van der Waals surface area contributed by atoms with Crippen LogP contribution in [0.25, 0.3) is 0 Å². The summed E-state index contributed by atoms with van der Waals surface area (Å²) in [4.78, 5) is 11.0. The number of aromatic hydroxyl groups is 1. The van der Waals surface area contributed by atoms with Crippen molar-refractivity contribution < 1.29 is 23.4 Å². The number of rotatable bonds is 1. The van der Waals surface area contributed by atoms with Crippen molar-refractivity contribution in [2.75, 3.05) is 7.11 Å². The third-order valence-corrected chi connectivity index (χ3v) is 3.33. The quantitative estimate of drug-likeness (QED) is 0.367. The molecule has 7 heteroatoms. The molecule has 0 radical (unpaired) electrons. The molecule has 1 N–H and O–H groups in total. The van der Waals surface area contributed by atoms with Crippen molar-refractivity contribution in [3.63, 3.8) is 0 Å². The Kier molecular flexibility index (Phi) is 3.72. The van der Waals surface area contributed by atoms with Crippen LogP contribution in [0.2, 0.25) is 5.02 Å². The van der Waals surface area contributed by atoms with E-state index in [9.17, 15) is 18.7 Å². The fraction of sp³-hybridized carbons (Fsp3) is 0.125. The molecule has 1 aromatic rings. The monoisotopic (exact) mass is 348 g/mol. The van der Waals surface area contributed by atoms with Crippen LogP contribution in [-0.2, 0) is 4.74 Å². The maximum absolute atomic E-state index is 13.2. The van der Waals surface area contributed by atoms with E-state index in [0.29, 0.717) is 0 Å². The Labute approximate surface area is 102 Å². The number of benzene rings is 1. The van der Waals surface area contributed by atoms with Crippen LogP contribution in [0.5, 0.6) is 5.75 Å². The van der Waals surface area contributed by atoms with E-state index < -0.39 is 33.9 Å². The number of phenolic OH excluding ortho intramolecular Hbond substituents is 1. The van der Waals surface area contributed by atoms with E-state index >= 15 is 0 Å². The number of carbonyl (C=O) groups is 1. The summed E-state index contributed by atoms with van der Waals surface area (Å²) in [6.07, 6.45) is 0. The molecule has 0 heterocycles. The SMILES string of the molecule is COC(=O)c1c(O)c(Cl)c(I)c(F)c1F. The van der Waals surface area contributed by atoms with Crippen LogP contribution in [0.1, 0.15) is 10.4 Å². The van der Waals surface area contributed by atoms with Gasteiger partial charge in [-0.1, -0.05) is 11.6 Å². The minimum Gasteiger partial charge on any atom is -0.505 e. The van der Waals surface area contributed by atoms with E-state index in [4.69, 9.17) is 11.6 Å². The maximum Gasteiger partial charge on any atom is 0.344 e. The highest BCUT2D eigenvalue weighted by Gasteiger charge is 2.27. The molecule has 0 saturated heterocycles. The number of phenols is 1. The van der Waals surface area contributed by atoms with Gasteiger partial charge in [-0.2, -0.15) is 0 Å². The lowest BCUT2D eigenvalue weighted by molar-refractivity contribution is 0.0590. The Balaban J connectivity index is 3.60. The highest BCUT2D eigenvalue weighted by molar-refractivity contribution is 14.1. The van der Waals surface area contributed by atoms with Gasteiger partial charge in [-0.3, -0.25) is 0 Å². The number of esters is 1. The number of ether oxygens (including phenoxy) is 1. The van der Waals surface area contributed by atoms with E-state index in [1.54, 1.807) is 0 Å². The molecule has 0 aliphatic heterocycles. The van der Waals surface area contributed by atoms with Gasteiger partial charge < -0.3 is 9.84 Å². The maximum atomic E-state index is 13.2. The summed E-state index contributed by atoms with van der Waals surface area (Å²) in [6.45, 7) is 0. The minimum absolute atomic E-state index is 0.295. The third kappa shape index (κ3) is 2.00. The first kappa shape index (κ1) is 12.4. The average molecular weight is 348 g/mol. The molecule has 15 heavy (non-hydrogen) atoms. The number of carbonyl (C=O) groups excluding carboxylic acids is 1. The smallest absolute Gasteiger partial charge is 0.344 e. The molecule has 82 valence electrons. The molecular weight excluding hydrogens is 344 g/mol. The predicted octanol–water partition coefficient (Wildman–Crippen LogP) is 2.72. The van der Waals surface area contributed by atoms with Gasteiger partial charge in [-0.05, 0) is 22.6 Å². The molecule has 0 aliphatic rings. The molecule has 0 amide bonds. The predicted molar refractivity (Wildman–Crippen MR) is 57.1 cm³/mol. The van der Waals surface area contributed by atoms with Gasteiger partial charge in [-0.15, -0.1) is 0 Å². The lowest BCUT2D eigenvalue weighted by Gasteiger charge is -2.08. The van der Waals surface area contributed by atoms with Crippen LogP contribution in [-0.4, -0.2) is 18.2 Å². The van der Waals surface area contributed by atoms with Gasteiger partial charge in [0.25, 0.3) is 0 Å². The van der Waals surface area contributed by atoms with Crippen molar-refractivity contribution in [2.24, 2.45) is 0 Å². The summed E-state index contributed by atoms with van der Waals surface area (Å²) in [5, 5.41) is 8.92. The zero-order valence-electron chi connectivity index (χ0n) is 7.28. The number of halogens is 4. The molecule has 0 bridgehead atoms. The molecular formula is C8H4ClF2IO3. The first-order chi connectivity index (χ1) is 6.91. The fourth-order valence-electron chi connectivity index (χ4n) is 0.908. The van der Waals surface area contributed by atoms with Crippen molar-refractivity contribution in [1.82, 2.24) is 0 Å². The molecule has 0 spiro atoms. The summed E-state index contributed by atoms with van der Waals surface area (Å²) in [6, 6.07) is 0. The van der Waals surface area contributed by atoms with Crippen molar-refractivity contribution in [2.45, 2.75) is 0 Å². The second kappa shape index (κ2) is 4.48. The number of hydrogen-bond donors (Lipinski definition) is 1. The van der Waals surface area contributed by atoms with Crippen LogP contribution >= 0.6 is 34.2 Å². The first-order valence-electron chi connectivity index (χ1n) is 3.55. The van der Waals surface area contributed by atoms with E-state index in [0.717, 1.165) is 7.11 Å². The van der Waals surface area contributed by atoms with Gasteiger partial charge in [0, 0.05) is 0 Å². The van der Waals surface area contributed by atoms with Crippen LogP contribution in [0.15, 0.2) is 0 Å². The van der Waals surface area contributed by atoms with Crippen LogP contribution in [0, 0.1) is 15.2 Å². The van der Waals surface area contributed by atoms with Crippen LogP contribution in [0.3, 0.4) is 0 Å². The van der Waals surface area contributed by atoms with E-state index in [1.165, 1.54) is 22.6 Å². The van der Waals surface area contributed by atoms with Crippen molar-refractivity contribution in [3.05, 3.63) is 25.8 Å². The van der Waals surface area contributed by atoms with Gasteiger partial charge in [0.2, 0.25) is 0 Å². The zero-order valence-corrected chi connectivity index (χ0v) is 10.2. The fourth-order valence-corrected chi connectivity index (χ4v) is 1.58. The molecule has 3 nitrogen and oxygen atoms in total. The zero-order chi connectivity index (χ0) is 11.7. The van der Waals surface area contributed by atoms with Crippen LogP contribution < -0.4 is 0 Å². The Bertz CT molecular complexity index is 407. The summed E-state index contributed by atoms with van der Waals surface area (Å²) in [7, 11) is 0.977. The van der Waals surface area contributed by atoms with E-state index in [1.807, 2.05) is 0 Å². The Morgan fingerprint density at radius 2 is 2.00 bits per heavy atom. The standard InChI is InChI=1S/C8H4ClF2IO3/c1-15-8(14)2-4(10)5(11)6(12)3(9)7(2)13/h13H,1H3. The van der Waals surface area contributed by atoms with E-state index in [-0.39, 0.29) is 3.57 Å². The number of hydrogen-bond acceptors (Lipinski definition) is 3. The Morgan fingerprint density at radius 1 is 1.47 bits per heavy atom. The van der Waals surface area contributed by atoms with Gasteiger partial charge in [-0.25, -0.2) is 13.6 Å². The van der Waals surface area contributed by atoms with Gasteiger partial charge in [0.1, 0.15) is 5.56 Å². The van der Waals surface area contributed by atoms with Crippen LogP contribution in [0.4, 0.5) is 8.78 Å². The molecule has 0 saturated carbocycles. The van der Waals surface area contributed by atoms with Gasteiger partial charge in [0.15, 0.2) is 17.4 Å². The second-order valence-corrected chi connectivity index (χ2v) is 3.93. The highest BCUT2D eigenvalue weighted by atomic mass is 127. The molecule has 0 aromatic heterocycles. The topological polar surface area (TPSA) is 46.5 Å². The second-order valence-electron chi connectivity index (χ2n) is 2.47. The lowest BCUT2D eigenvalue weighted by Crippen LogP contribution is -2.08. The minimum atomic E-state index is -1.48. The number of methoxy groups -OCH3 is 1. The summed E-state index contributed by atoms with van der Waals surface area (Å²) in [5.41, 5.74) is -0.902. The first-order valence-corrected chi connectivity index (χ1v) is 5.00. The van der Waals surface area contributed by atoms with Crippen molar-refractivity contribution in [1.29, 1.82) is 0 Å². The molecule has 0 atom stereocenters. The molecule has 0 unspecified atom stereocenters. The Morgan fingerprint density at radius 3 is 2.47 bits per heavy atom. The molecule has 0 aliphatic carbocycles. The normalized spacial score (nSPS) is 10.2. The lowest BCUT2D eigenvalue weighted by atomic mass is 10.2. The third-order valence-electron chi connectivity index (χ3n) is 1.63. The summed E-state index contributed by atoms with van der Waals surface area (Å²) >= 11 is 6.90. The molecule has 0 fully saturated rings.